The summed E-state index contributed by atoms with van der Waals surface area (Å²) >= 11 is 0. The lowest BCUT2D eigenvalue weighted by molar-refractivity contribution is 0.378. The molecule has 0 saturated carbocycles. The maximum atomic E-state index is 10.5. The van der Waals surface area contributed by atoms with Crippen LogP contribution < -0.4 is 5.76 Å². The van der Waals surface area contributed by atoms with Crippen LogP contribution in [-0.2, 0) is 0 Å². The van der Waals surface area contributed by atoms with E-state index >= 15 is 0 Å². The average Bonchev–Trinajstić information content (AvgIpc) is 2.36. The molecule has 1 aromatic rings. The van der Waals surface area contributed by atoms with Crippen LogP contribution in [0.3, 0.4) is 0 Å². The van der Waals surface area contributed by atoms with Gasteiger partial charge in [-0.2, -0.15) is 0 Å². The van der Waals surface area contributed by atoms with Crippen molar-refractivity contribution in [2.45, 2.75) is 19.3 Å². The first-order valence-electron chi connectivity index (χ1n) is 3.23. The molecule has 0 aromatic carbocycles. The van der Waals surface area contributed by atoms with E-state index in [1.165, 1.54) is 0 Å². The highest BCUT2D eigenvalue weighted by Gasteiger charge is 2.08. The molecule has 0 aliphatic heterocycles. The van der Waals surface area contributed by atoms with E-state index in [4.69, 9.17) is 6.42 Å². The molecule has 4 nitrogen and oxygen atoms in total. The second-order valence-corrected chi connectivity index (χ2v) is 2.29. The van der Waals surface area contributed by atoms with Crippen molar-refractivity contribution >= 4 is 0 Å². The number of rotatable bonds is 2. The van der Waals surface area contributed by atoms with Gasteiger partial charge in [-0.05, 0) is 0 Å². The van der Waals surface area contributed by atoms with Crippen LogP contribution >= 0.6 is 0 Å². The Bertz CT molecular complexity index is 318. The minimum absolute atomic E-state index is 0.0476. The molecule has 1 heterocycles. The molecule has 1 N–H and O–H groups in total. The topological polar surface area (TPSA) is 58.9 Å². The van der Waals surface area contributed by atoms with Crippen molar-refractivity contribution < 1.29 is 4.52 Å². The molecule has 0 spiro atoms. The van der Waals surface area contributed by atoms with Gasteiger partial charge < -0.3 is 0 Å². The standard InChI is InChI=1S/C7H8N2O2/c1-3-4-5(2)6-8-7(10)11-9-6/h1,5H,4H2,2H3,(H,8,9,10)/t5-/m1/s1. The molecule has 0 aliphatic carbocycles. The molecule has 11 heavy (non-hydrogen) atoms. The van der Waals surface area contributed by atoms with Crippen LogP contribution in [0.15, 0.2) is 9.32 Å². The molecule has 0 aliphatic rings. The van der Waals surface area contributed by atoms with Gasteiger partial charge in [-0.3, -0.25) is 9.51 Å². The Morgan fingerprint density at radius 1 is 1.91 bits per heavy atom. The molecule has 58 valence electrons. The van der Waals surface area contributed by atoms with Crippen molar-refractivity contribution in [2.24, 2.45) is 0 Å². The lowest BCUT2D eigenvalue weighted by Crippen LogP contribution is -2.00. The summed E-state index contributed by atoms with van der Waals surface area (Å²) in [5.41, 5.74) is 0. The second-order valence-electron chi connectivity index (χ2n) is 2.29. The zero-order valence-electron chi connectivity index (χ0n) is 6.13. The number of nitrogens with zero attached hydrogens (tertiary/aromatic N) is 1. The molecular weight excluding hydrogens is 144 g/mol. The highest BCUT2D eigenvalue weighted by molar-refractivity contribution is 4.97. The van der Waals surface area contributed by atoms with E-state index in [9.17, 15) is 4.79 Å². The molecule has 0 radical (unpaired) electrons. The van der Waals surface area contributed by atoms with Crippen LogP contribution in [0, 0.1) is 12.3 Å². The average molecular weight is 152 g/mol. The zero-order valence-corrected chi connectivity index (χ0v) is 6.13. The van der Waals surface area contributed by atoms with E-state index in [-0.39, 0.29) is 5.92 Å². The first kappa shape index (κ1) is 7.61. The first-order chi connectivity index (χ1) is 5.24. The van der Waals surface area contributed by atoms with E-state index in [0.717, 1.165) is 0 Å². The normalized spacial score (nSPS) is 12.4. The number of aromatic amines is 1. The Morgan fingerprint density at radius 2 is 2.64 bits per heavy atom. The van der Waals surface area contributed by atoms with E-state index < -0.39 is 5.76 Å². The summed E-state index contributed by atoms with van der Waals surface area (Å²) in [7, 11) is 0. The van der Waals surface area contributed by atoms with Gasteiger partial charge in [0.05, 0.1) is 0 Å². The van der Waals surface area contributed by atoms with Crippen LogP contribution in [0.25, 0.3) is 0 Å². The van der Waals surface area contributed by atoms with Crippen molar-refractivity contribution in [3.8, 4) is 12.3 Å². The highest BCUT2D eigenvalue weighted by Crippen LogP contribution is 2.11. The van der Waals surface area contributed by atoms with Gasteiger partial charge in [0.1, 0.15) is 0 Å². The van der Waals surface area contributed by atoms with E-state index in [1.54, 1.807) is 0 Å². The number of H-pyrrole nitrogens is 1. The Labute approximate surface area is 63.6 Å². The molecule has 1 rings (SSSR count). The lowest BCUT2D eigenvalue weighted by atomic mass is 10.1. The zero-order chi connectivity index (χ0) is 8.27. The van der Waals surface area contributed by atoms with Crippen molar-refractivity contribution in [3.63, 3.8) is 0 Å². The smallest absolute Gasteiger partial charge is 0.296 e. The van der Waals surface area contributed by atoms with Gasteiger partial charge in [-0.25, -0.2) is 4.79 Å². The van der Waals surface area contributed by atoms with Gasteiger partial charge in [0.2, 0.25) is 0 Å². The second kappa shape index (κ2) is 3.06. The van der Waals surface area contributed by atoms with Crippen molar-refractivity contribution in [1.29, 1.82) is 0 Å². The monoisotopic (exact) mass is 152 g/mol. The Hall–Kier alpha value is -1.50. The number of nitrogens with one attached hydrogen (secondary N) is 1. The van der Waals surface area contributed by atoms with Gasteiger partial charge in [-0.1, -0.05) is 12.1 Å². The molecule has 0 bridgehead atoms. The molecule has 1 atom stereocenters. The summed E-state index contributed by atoms with van der Waals surface area (Å²) in [6.45, 7) is 1.87. The SMILES string of the molecule is C#CC[C@@H](C)c1noc(=O)[nH]1. The predicted octanol–water partition coefficient (Wildman–Crippen LogP) is 0.490. The van der Waals surface area contributed by atoms with E-state index in [0.29, 0.717) is 12.2 Å². The minimum Gasteiger partial charge on any atom is -0.296 e. The summed E-state index contributed by atoms with van der Waals surface area (Å²) < 4.78 is 4.30. The molecule has 4 heteroatoms. The molecular formula is C7H8N2O2. The molecule has 1 aromatic heterocycles. The minimum atomic E-state index is -0.538. The van der Waals surface area contributed by atoms with Gasteiger partial charge in [0, 0.05) is 12.3 Å². The van der Waals surface area contributed by atoms with Gasteiger partial charge >= 0.3 is 5.76 Å². The van der Waals surface area contributed by atoms with Gasteiger partial charge in [0.25, 0.3) is 0 Å². The summed E-state index contributed by atoms with van der Waals surface area (Å²) in [5.74, 6) is 2.49. The maximum absolute atomic E-state index is 10.5. The lowest BCUT2D eigenvalue weighted by Gasteiger charge is -1.98. The van der Waals surface area contributed by atoms with E-state index in [1.807, 2.05) is 6.92 Å². The number of hydrogen-bond donors (Lipinski definition) is 1. The first-order valence-corrected chi connectivity index (χ1v) is 3.23. The Balaban J connectivity index is 2.78. The third-order valence-electron chi connectivity index (χ3n) is 1.35. The van der Waals surface area contributed by atoms with Crippen LogP contribution in [-0.4, -0.2) is 10.1 Å². The Kier molecular flexibility index (Phi) is 2.12. The quantitative estimate of drug-likeness (QED) is 0.627. The Morgan fingerprint density at radius 3 is 3.09 bits per heavy atom. The fraction of sp³-hybridized carbons (Fsp3) is 0.429. The van der Waals surface area contributed by atoms with Crippen LogP contribution in [0.5, 0.6) is 0 Å². The molecule has 0 saturated heterocycles. The number of terminal acetylenes is 1. The summed E-state index contributed by atoms with van der Waals surface area (Å²) in [5, 5.41) is 3.50. The highest BCUT2D eigenvalue weighted by atomic mass is 16.5. The summed E-state index contributed by atoms with van der Waals surface area (Å²) in [4.78, 5) is 12.9. The summed E-state index contributed by atoms with van der Waals surface area (Å²) in [6.07, 6.45) is 5.62. The van der Waals surface area contributed by atoms with Crippen LogP contribution in [0.2, 0.25) is 0 Å². The predicted molar refractivity (Wildman–Crippen MR) is 39.0 cm³/mol. The third kappa shape index (κ3) is 1.71. The summed E-state index contributed by atoms with van der Waals surface area (Å²) in [6, 6.07) is 0. The maximum Gasteiger partial charge on any atom is 0.438 e. The van der Waals surface area contributed by atoms with Gasteiger partial charge in [-0.15, -0.1) is 12.3 Å². The van der Waals surface area contributed by atoms with Gasteiger partial charge in [0.15, 0.2) is 5.82 Å². The van der Waals surface area contributed by atoms with Crippen molar-refractivity contribution in [2.75, 3.05) is 0 Å². The fourth-order valence-electron chi connectivity index (χ4n) is 0.727. The number of hydrogen-bond acceptors (Lipinski definition) is 3. The number of aromatic nitrogens is 2. The molecule has 0 amide bonds. The largest absolute Gasteiger partial charge is 0.438 e. The van der Waals surface area contributed by atoms with E-state index in [2.05, 4.69) is 20.6 Å². The fourth-order valence-corrected chi connectivity index (χ4v) is 0.727. The molecule has 0 fully saturated rings. The van der Waals surface area contributed by atoms with Crippen molar-refractivity contribution in [1.82, 2.24) is 10.1 Å². The van der Waals surface area contributed by atoms with Crippen LogP contribution in [0.1, 0.15) is 25.1 Å². The molecule has 0 unspecified atom stereocenters. The van der Waals surface area contributed by atoms with Crippen molar-refractivity contribution in [3.05, 3.63) is 16.4 Å². The third-order valence-corrected chi connectivity index (χ3v) is 1.35. The van der Waals surface area contributed by atoms with Crippen LogP contribution in [0.4, 0.5) is 0 Å².